The summed E-state index contributed by atoms with van der Waals surface area (Å²) in [7, 11) is 0. The van der Waals surface area contributed by atoms with Gasteiger partial charge in [0.2, 0.25) is 5.71 Å². The van der Waals surface area contributed by atoms with E-state index < -0.39 is 27.4 Å². The third-order valence-electron chi connectivity index (χ3n) is 8.98. The van der Waals surface area contributed by atoms with Crippen LogP contribution >= 0.6 is 0 Å². The van der Waals surface area contributed by atoms with E-state index in [1.54, 1.807) is 0 Å². The maximum Gasteiger partial charge on any atom is 0.328 e. The molecule has 6 rings (SSSR count). The van der Waals surface area contributed by atoms with Crippen LogP contribution in [0.4, 0.5) is 0 Å². The Morgan fingerprint density at radius 2 is 1.40 bits per heavy atom. The number of likely N-dealkylation sites (tertiary alicyclic amines) is 2. The van der Waals surface area contributed by atoms with E-state index in [2.05, 4.69) is 31.7 Å². The van der Waals surface area contributed by atoms with Crippen molar-refractivity contribution in [3.63, 3.8) is 0 Å². The van der Waals surface area contributed by atoms with Crippen LogP contribution in [0.15, 0.2) is 39.9 Å². The Kier molecular flexibility index (Phi) is 7.20. The summed E-state index contributed by atoms with van der Waals surface area (Å²) >= 11 is 0. The molecular weight excluding hydrogens is 518 g/mol. The molecule has 0 aromatic carbocycles. The first-order valence-corrected chi connectivity index (χ1v) is 14.5. The van der Waals surface area contributed by atoms with E-state index in [4.69, 9.17) is 4.63 Å². The highest BCUT2D eigenvalue weighted by Gasteiger charge is 2.55. The van der Waals surface area contributed by atoms with Crippen LogP contribution in [-0.2, 0) is 0 Å². The summed E-state index contributed by atoms with van der Waals surface area (Å²) in [6.07, 6.45) is 15.2. The molecule has 13 nitrogen and oxygen atoms in total. The van der Waals surface area contributed by atoms with Gasteiger partial charge in [-0.15, -0.1) is 0 Å². The van der Waals surface area contributed by atoms with Gasteiger partial charge in [-0.2, -0.15) is 0 Å². The Morgan fingerprint density at radius 1 is 0.850 bits per heavy atom. The van der Waals surface area contributed by atoms with E-state index >= 15 is 0 Å². The predicted molar refractivity (Wildman–Crippen MR) is 143 cm³/mol. The summed E-state index contributed by atoms with van der Waals surface area (Å²) in [6, 6.07) is 0. The number of H-pyrrole nitrogens is 1. The van der Waals surface area contributed by atoms with Crippen LogP contribution in [0.1, 0.15) is 75.1 Å². The Bertz CT molecular complexity index is 1340. The van der Waals surface area contributed by atoms with Gasteiger partial charge in [0.15, 0.2) is 4.60 Å². The highest BCUT2D eigenvalue weighted by Crippen LogP contribution is 2.47. The molecule has 0 amide bonds. The average Bonchev–Trinajstić information content (AvgIpc) is 3.38. The van der Waals surface area contributed by atoms with Gasteiger partial charge < -0.3 is 15.0 Å². The molecule has 0 radical (unpaired) electrons. The van der Waals surface area contributed by atoms with E-state index in [0.29, 0.717) is 0 Å². The molecule has 214 valence electrons. The van der Waals surface area contributed by atoms with Crippen LogP contribution in [0, 0.1) is 26.1 Å². The van der Waals surface area contributed by atoms with Crippen molar-refractivity contribution in [3.8, 4) is 0 Å². The lowest BCUT2D eigenvalue weighted by atomic mass is 9.74. The van der Waals surface area contributed by atoms with E-state index in [-0.39, 0.29) is 21.7 Å². The maximum absolute atomic E-state index is 13.1. The molecule has 2 N–H and O–H groups in total. The zero-order valence-electron chi connectivity index (χ0n) is 22.7. The van der Waals surface area contributed by atoms with Crippen molar-refractivity contribution in [3.05, 3.63) is 66.9 Å². The summed E-state index contributed by atoms with van der Waals surface area (Å²) in [4.78, 5) is 29.3. The van der Waals surface area contributed by atoms with Gasteiger partial charge in [-0.3, -0.25) is 15.3 Å². The van der Waals surface area contributed by atoms with Gasteiger partial charge in [0.05, 0.1) is 16.9 Å². The first-order chi connectivity index (χ1) is 19.4. The fraction of sp³-hybridized carbons (Fsp3) is 0.630. The van der Waals surface area contributed by atoms with Crippen LogP contribution < -0.4 is 4.60 Å². The number of hydrogen-bond acceptors (Lipinski definition) is 8. The molecule has 1 aromatic heterocycles. The van der Waals surface area contributed by atoms with Crippen molar-refractivity contribution in [2.75, 3.05) is 39.3 Å². The molecule has 4 heterocycles. The number of nitrogens with one attached hydrogen (secondary N) is 1. The Balaban J connectivity index is 1.59. The second-order valence-corrected chi connectivity index (χ2v) is 11.4. The highest BCUT2D eigenvalue weighted by atomic mass is 16.8. The molecule has 1 aromatic rings. The minimum atomic E-state index is -1.04. The van der Waals surface area contributed by atoms with Gasteiger partial charge in [0, 0.05) is 67.5 Å². The third-order valence-corrected chi connectivity index (χ3v) is 8.98. The smallest absolute Gasteiger partial charge is 0.328 e. The van der Waals surface area contributed by atoms with Gasteiger partial charge in [-0.25, -0.2) is 4.58 Å². The summed E-state index contributed by atoms with van der Waals surface area (Å²) in [5, 5.41) is 36.8. The van der Waals surface area contributed by atoms with Gasteiger partial charge in [0.1, 0.15) is 19.0 Å². The zero-order chi connectivity index (χ0) is 27.8. The van der Waals surface area contributed by atoms with Crippen LogP contribution in [0.2, 0.25) is 0 Å². The number of nitro groups is 1. The van der Waals surface area contributed by atoms with Gasteiger partial charge in [-0.05, 0) is 49.9 Å². The highest BCUT2D eigenvalue weighted by molar-refractivity contribution is 6.06. The van der Waals surface area contributed by atoms with Crippen molar-refractivity contribution < 1.29 is 28.8 Å². The number of allylic oxidation sites excluding steroid dienone is 4. The monoisotopic (exact) mass is 555 g/mol. The molecule has 0 bridgehead atoms. The fourth-order valence-electron chi connectivity index (χ4n) is 7.05. The number of fused-ring (bicyclic) bond motifs is 1. The lowest BCUT2D eigenvalue weighted by molar-refractivity contribution is -0.726. The standard InChI is InChI=1S/C27H37N7O6/c35-32(36)22-18-23(33(37)38)26-27(34(39)40-28-26)25(22)24-20(30-12-6-2-7-13-30)16-19(29-10-4-1-5-11-29)17-21(24)31-14-8-3-9-15-31/h16-18,24-25,28H,1-15H2,(H,37,38)/q+2. The minimum Gasteiger partial charge on any atom is -0.417 e. The van der Waals surface area contributed by atoms with Crippen LogP contribution in [-0.4, -0.2) is 85.3 Å². The Morgan fingerprint density at radius 3 is 1.93 bits per heavy atom. The van der Waals surface area contributed by atoms with Crippen molar-refractivity contribution in [2.24, 2.45) is 5.92 Å². The molecule has 1 unspecified atom stereocenters. The minimum absolute atomic E-state index is 0.0510. The molecule has 3 fully saturated rings. The molecule has 5 aliphatic rings. The molecular formula is C27H37N7O6+2. The molecule has 0 spiro atoms. The number of aromatic nitrogens is 2. The van der Waals surface area contributed by atoms with Gasteiger partial charge >= 0.3 is 5.71 Å². The van der Waals surface area contributed by atoms with Crippen molar-refractivity contribution in [1.29, 1.82) is 0 Å². The average molecular weight is 556 g/mol. The maximum atomic E-state index is 13.1. The lowest BCUT2D eigenvalue weighted by Crippen LogP contribution is -2.46. The third kappa shape index (κ3) is 4.71. The summed E-state index contributed by atoms with van der Waals surface area (Å²) < 4.78 is 7.65. The molecule has 0 saturated carbocycles. The molecule has 40 heavy (non-hydrogen) atoms. The van der Waals surface area contributed by atoms with E-state index in [1.165, 1.54) is 6.42 Å². The number of nitrogens with zero attached hydrogens (tertiary/aromatic N) is 6. The lowest BCUT2D eigenvalue weighted by Gasteiger charge is -2.43. The van der Waals surface area contributed by atoms with Crippen LogP contribution in [0.25, 0.3) is 0 Å². The van der Waals surface area contributed by atoms with E-state index in [9.17, 15) is 25.4 Å². The largest absolute Gasteiger partial charge is 0.417 e. The number of aromatic amines is 1. The summed E-state index contributed by atoms with van der Waals surface area (Å²) in [5.74, 6) is -1.59. The zero-order valence-corrected chi connectivity index (χ0v) is 22.7. The number of rotatable bonds is 4. The molecule has 2 aliphatic carbocycles. The van der Waals surface area contributed by atoms with E-state index in [0.717, 1.165) is 114 Å². The Hall–Kier alpha value is -3.90. The van der Waals surface area contributed by atoms with Crippen molar-refractivity contribution >= 4 is 11.4 Å². The van der Waals surface area contributed by atoms with Crippen molar-refractivity contribution in [1.82, 2.24) is 15.0 Å². The topological polar surface area (TPSA) is 151 Å². The molecule has 3 saturated heterocycles. The fourth-order valence-corrected chi connectivity index (χ4v) is 7.05. The SMILES string of the molecule is O=[N+]([O-])C1=C/C(=[N+](/[O-])O)c2[nH]o[n+](=O)c2C1C1C(N2CCCCC2)=CC(=[N+]2CCCCC2)C=C1N1CCCCC1. The quantitative estimate of drug-likeness (QED) is 0.189. The first kappa shape index (κ1) is 26.3. The van der Waals surface area contributed by atoms with E-state index in [1.807, 2.05) is 0 Å². The second-order valence-electron chi connectivity index (χ2n) is 11.4. The predicted octanol–water partition coefficient (Wildman–Crippen LogP) is 2.48. The summed E-state index contributed by atoms with van der Waals surface area (Å²) in [6.45, 7) is 5.25. The normalized spacial score (nSPS) is 27.1. The van der Waals surface area contributed by atoms with Gasteiger partial charge in [-0.1, -0.05) is 9.79 Å². The molecule has 13 heteroatoms. The second kappa shape index (κ2) is 10.9. The van der Waals surface area contributed by atoms with Crippen LogP contribution in [0.3, 0.4) is 0 Å². The summed E-state index contributed by atoms with van der Waals surface area (Å²) in [5.41, 5.74) is 2.15. The first-order valence-electron chi connectivity index (χ1n) is 14.5. The Labute approximate surface area is 231 Å². The van der Waals surface area contributed by atoms with Gasteiger partial charge in [0.25, 0.3) is 17.1 Å². The number of piperidine rings is 3. The van der Waals surface area contributed by atoms with Crippen molar-refractivity contribution in [2.45, 2.75) is 63.7 Å². The molecule has 1 atom stereocenters. The molecule has 3 aliphatic heterocycles. The van der Waals surface area contributed by atoms with Crippen LogP contribution in [0.5, 0.6) is 0 Å². The number of hydrogen-bond donors (Lipinski definition) is 2.